The highest BCUT2D eigenvalue weighted by atomic mass is 35.5. The van der Waals surface area contributed by atoms with E-state index in [1.165, 1.54) is 25.6 Å². The maximum Gasteiger partial charge on any atom is 0.265 e. The number of hydrogen-bond acceptors (Lipinski definition) is 6. The molecule has 3 N–H and O–H groups in total. The molecule has 0 fully saturated rings. The molecule has 0 aliphatic rings. The summed E-state index contributed by atoms with van der Waals surface area (Å²) in [5, 5.41) is 10.4. The normalized spacial score (nSPS) is 10.3. The molecule has 10 heteroatoms. The van der Waals surface area contributed by atoms with Crippen LogP contribution in [0.15, 0.2) is 53.9 Å². The summed E-state index contributed by atoms with van der Waals surface area (Å²) < 4.78 is 10.7. The highest BCUT2D eigenvalue weighted by Gasteiger charge is 2.17. The number of amides is 3. The minimum Gasteiger partial charge on any atom is -0.494 e. The Morgan fingerprint density at radius 2 is 1.39 bits per heavy atom. The number of carbonyl (C=O) groups excluding carboxylic acids is 3. The molecule has 1 aromatic heterocycles. The lowest BCUT2D eigenvalue weighted by Crippen LogP contribution is -2.18. The van der Waals surface area contributed by atoms with E-state index < -0.39 is 0 Å². The highest BCUT2D eigenvalue weighted by molar-refractivity contribution is 7.12. The number of ether oxygens (including phenoxy) is 2. The smallest absolute Gasteiger partial charge is 0.265 e. The number of anilines is 3. The van der Waals surface area contributed by atoms with Crippen LogP contribution in [0, 0.1) is 0 Å². The molecule has 0 radical (unpaired) electrons. The molecule has 0 unspecified atom stereocenters. The Kier molecular flexibility index (Phi) is 8.28. The molecule has 3 rings (SSSR count). The van der Waals surface area contributed by atoms with E-state index >= 15 is 0 Å². The molecule has 3 amide bonds. The van der Waals surface area contributed by atoms with E-state index in [1.54, 1.807) is 53.9 Å². The Morgan fingerprint density at radius 3 is 1.94 bits per heavy atom. The van der Waals surface area contributed by atoms with E-state index in [4.69, 9.17) is 21.1 Å². The quantitative estimate of drug-likeness (QED) is 0.392. The van der Waals surface area contributed by atoms with Gasteiger partial charge in [-0.25, -0.2) is 0 Å². The molecule has 0 spiro atoms. The van der Waals surface area contributed by atoms with Gasteiger partial charge in [-0.05, 0) is 23.6 Å². The second-order valence-electron chi connectivity index (χ2n) is 6.76. The van der Waals surface area contributed by atoms with Crippen molar-refractivity contribution in [2.45, 2.75) is 12.8 Å². The highest BCUT2D eigenvalue weighted by Crippen LogP contribution is 2.37. The molecule has 8 nitrogen and oxygen atoms in total. The van der Waals surface area contributed by atoms with Crippen molar-refractivity contribution in [3.05, 3.63) is 63.8 Å². The Bertz CT molecular complexity index is 1150. The van der Waals surface area contributed by atoms with Crippen LogP contribution < -0.4 is 25.4 Å². The Morgan fingerprint density at radius 1 is 0.818 bits per heavy atom. The van der Waals surface area contributed by atoms with E-state index in [9.17, 15) is 14.4 Å². The van der Waals surface area contributed by atoms with Gasteiger partial charge in [-0.1, -0.05) is 29.8 Å². The van der Waals surface area contributed by atoms with E-state index in [1.807, 2.05) is 0 Å². The average Bonchev–Trinajstić information content (AvgIpc) is 3.35. The minimum absolute atomic E-state index is 0.0362. The van der Waals surface area contributed by atoms with E-state index in [0.717, 1.165) is 0 Å². The van der Waals surface area contributed by atoms with Gasteiger partial charge in [0.1, 0.15) is 11.5 Å². The van der Waals surface area contributed by atoms with Crippen LogP contribution in [0.2, 0.25) is 5.02 Å². The van der Waals surface area contributed by atoms with Gasteiger partial charge in [-0.2, -0.15) is 0 Å². The van der Waals surface area contributed by atoms with Gasteiger partial charge in [-0.3, -0.25) is 14.4 Å². The number of methoxy groups -OCH3 is 2. The predicted molar refractivity (Wildman–Crippen MR) is 130 cm³/mol. The zero-order valence-electron chi connectivity index (χ0n) is 17.9. The summed E-state index contributed by atoms with van der Waals surface area (Å²) in [5.74, 6) is -0.347. The molecule has 3 aromatic rings. The summed E-state index contributed by atoms with van der Waals surface area (Å²) in [6, 6.07) is 13.4. The van der Waals surface area contributed by atoms with E-state index in [-0.39, 0.29) is 30.6 Å². The van der Waals surface area contributed by atoms with Gasteiger partial charge in [0.2, 0.25) is 11.8 Å². The summed E-state index contributed by atoms with van der Waals surface area (Å²) in [6.45, 7) is 0. The SMILES string of the molecule is COc1cc(NC(=O)c2cccs2)c(OC)cc1NC(=O)CCC(=O)Nc1ccccc1Cl. The number of thiophene rings is 1. The molecule has 172 valence electrons. The number of benzene rings is 2. The zero-order valence-corrected chi connectivity index (χ0v) is 19.5. The number of para-hydroxylation sites is 1. The number of nitrogens with one attached hydrogen (secondary N) is 3. The first kappa shape index (κ1) is 24.1. The summed E-state index contributed by atoms with van der Waals surface area (Å²) in [4.78, 5) is 37.5. The van der Waals surface area contributed by atoms with Crippen LogP contribution in [0.4, 0.5) is 17.1 Å². The molecular weight excluding hydrogens is 466 g/mol. The first-order valence-electron chi connectivity index (χ1n) is 9.86. The first-order valence-corrected chi connectivity index (χ1v) is 11.1. The monoisotopic (exact) mass is 487 g/mol. The topological polar surface area (TPSA) is 106 Å². The van der Waals surface area contributed by atoms with Crippen molar-refractivity contribution < 1.29 is 23.9 Å². The van der Waals surface area contributed by atoms with Crippen LogP contribution in [0.5, 0.6) is 11.5 Å². The van der Waals surface area contributed by atoms with Crippen molar-refractivity contribution in [3.8, 4) is 11.5 Å². The molecule has 1 heterocycles. The molecule has 2 aromatic carbocycles. The van der Waals surface area contributed by atoms with Crippen molar-refractivity contribution in [2.75, 3.05) is 30.2 Å². The van der Waals surface area contributed by atoms with Gasteiger partial charge in [0, 0.05) is 25.0 Å². The molecule has 0 saturated carbocycles. The average molecular weight is 488 g/mol. The zero-order chi connectivity index (χ0) is 23.8. The third-order valence-electron chi connectivity index (χ3n) is 4.52. The van der Waals surface area contributed by atoms with Crippen molar-refractivity contribution in [2.24, 2.45) is 0 Å². The lowest BCUT2D eigenvalue weighted by Gasteiger charge is -2.16. The maximum absolute atomic E-state index is 12.4. The summed E-state index contributed by atoms with van der Waals surface area (Å²) in [5.41, 5.74) is 1.22. The number of rotatable bonds is 9. The van der Waals surface area contributed by atoms with E-state index in [2.05, 4.69) is 16.0 Å². The molecule has 0 aliphatic heterocycles. The Labute approximate surface area is 199 Å². The van der Waals surface area contributed by atoms with Crippen LogP contribution in [0.3, 0.4) is 0 Å². The molecule has 33 heavy (non-hydrogen) atoms. The van der Waals surface area contributed by atoms with Crippen LogP contribution in [0.25, 0.3) is 0 Å². The van der Waals surface area contributed by atoms with Crippen LogP contribution in [0.1, 0.15) is 22.5 Å². The summed E-state index contributed by atoms with van der Waals surface area (Å²) in [7, 11) is 2.90. The van der Waals surface area contributed by atoms with Gasteiger partial charge in [-0.15, -0.1) is 11.3 Å². The Balaban J connectivity index is 1.64. The molecule has 0 bridgehead atoms. The second kappa shape index (κ2) is 11.3. The molecule has 0 atom stereocenters. The lowest BCUT2D eigenvalue weighted by atomic mass is 10.2. The third kappa shape index (κ3) is 6.47. The maximum atomic E-state index is 12.4. The van der Waals surface area contributed by atoms with Gasteiger partial charge in [0.15, 0.2) is 0 Å². The van der Waals surface area contributed by atoms with Crippen molar-refractivity contribution in [1.82, 2.24) is 0 Å². The van der Waals surface area contributed by atoms with Crippen molar-refractivity contribution >= 4 is 57.7 Å². The number of carbonyl (C=O) groups is 3. The summed E-state index contributed by atoms with van der Waals surface area (Å²) in [6.07, 6.45) is -0.0932. The third-order valence-corrected chi connectivity index (χ3v) is 5.71. The van der Waals surface area contributed by atoms with Gasteiger partial charge < -0.3 is 25.4 Å². The molecular formula is C23H22ClN3O5S. The van der Waals surface area contributed by atoms with Gasteiger partial charge in [0.25, 0.3) is 5.91 Å². The largest absolute Gasteiger partial charge is 0.494 e. The van der Waals surface area contributed by atoms with Crippen molar-refractivity contribution in [1.29, 1.82) is 0 Å². The Hall–Kier alpha value is -3.56. The lowest BCUT2D eigenvalue weighted by molar-refractivity contribution is -0.121. The molecule has 0 saturated heterocycles. The fraction of sp³-hybridized carbons (Fsp3) is 0.174. The van der Waals surface area contributed by atoms with Crippen molar-refractivity contribution in [3.63, 3.8) is 0 Å². The fourth-order valence-electron chi connectivity index (χ4n) is 2.90. The van der Waals surface area contributed by atoms with E-state index in [0.29, 0.717) is 38.5 Å². The van der Waals surface area contributed by atoms with Crippen LogP contribution >= 0.6 is 22.9 Å². The minimum atomic E-state index is -0.389. The second-order valence-corrected chi connectivity index (χ2v) is 8.12. The fourth-order valence-corrected chi connectivity index (χ4v) is 3.70. The first-order chi connectivity index (χ1) is 15.9. The standard InChI is InChI=1S/C23H22ClN3O5S/c1-31-18-13-17(27-23(30)20-8-5-11-33-20)19(32-2)12-16(18)26-22(29)10-9-21(28)25-15-7-4-3-6-14(15)24/h3-8,11-13H,9-10H2,1-2H3,(H,25,28)(H,26,29)(H,27,30). The number of halogens is 1. The molecule has 0 aliphatic carbocycles. The predicted octanol–water partition coefficient (Wildman–Crippen LogP) is 5.03. The van der Waals surface area contributed by atoms with Crippen LogP contribution in [-0.2, 0) is 9.59 Å². The number of hydrogen-bond donors (Lipinski definition) is 3. The van der Waals surface area contributed by atoms with Gasteiger partial charge >= 0.3 is 0 Å². The van der Waals surface area contributed by atoms with Crippen LogP contribution in [-0.4, -0.2) is 31.9 Å². The summed E-state index contributed by atoms with van der Waals surface area (Å²) >= 11 is 7.34. The van der Waals surface area contributed by atoms with Gasteiger partial charge in [0.05, 0.1) is 41.2 Å².